The smallest absolute Gasteiger partial charge is 0.312 e. The third-order valence-electron chi connectivity index (χ3n) is 5.77. The lowest BCUT2D eigenvalue weighted by atomic mass is 9.94. The molecule has 1 saturated carbocycles. The molecule has 7 nitrogen and oxygen atoms in total. The first-order valence-corrected chi connectivity index (χ1v) is 13.3. The standard InChI is InChI=1S/C25H29N3O4S2/c1-17-8-10-21(11-9-17)31-15-22-27-19(16-34-22)14-23(29)32-18(2)24(30)28(25-26-12-13-33-25)20-6-4-3-5-7-20/h8-13,16,18,20H,3-7,14-15H2,1-2H3. The van der Waals surface area contributed by atoms with Gasteiger partial charge in [-0.25, -0.2) is 9.97 Å². The number of hydrogen-bond donors (Lipinski definition) is 0. The third kappa shape index (κ3) is 6.42. The zero-order valence-corrected chi connectivity index (χ0v) is 21.1. The number of hydrogen-bond acceptors (Lipinski definition) is 8. The van der Waals surface area contributed by atoms with E-state index in [1.54, 1.807) is 18.0 Å². The van der Waals surface area contributed by atoms with Gasteiger partial charge in [0, 0.05) is 23.0 Å². The average molecular weight is 500 g/mol. The van der Waals surface area contributed by atoms with Gasteiger partial charge in [-0.2, -0.15) is 0 Å². The number of anilines is 1. The number of benzene rings is 1. The number of aryl methyl sites for hydroxylation is 1. The molecule has 1 fully saturated rings. The number of carbonyl (C=O) groups excluding carboxylic acids is 2. The number of aromatic nitrogens is 2. The fraction of sp³-hybridized carbons (Fsp3) is 0.440. The van der Waals surface area contributed by atoms with E-state index in [4.69, 9.17) is 9.47 Å². The van der Waals surface area contributed by atoms with Gasteiger partial charge in [0.25, 0.3) is 5.91 Å². The van der Waals surface area contributed by atoms with E-state index in [-0.39, 0.29) is 18.4 Å². The Morgan fingerprint density at radius 1 is 1.15 bits per heavy atom. The molecule has 0 bridgehead atoms. The minimum Gasteiger partial charge on any atom is -0.486 e. The fourth-order valence-corrected chi connectivity index (χ4v) is 5.44. The number of ether oxygens (including phenoxy) is 2. The molecule has 0 saturated heterocycles. The summed E-state index contributed by atoms with van der Waals surface area (Å²) in [7, 11) is 0. The number of carbonyl (C=O) groups is 2. The molecular weight excluding hydrogens is 470 g/mol. The van der Waals surface area contributed by atoms with Gasteiger partial charge in [0.05, 0.1) is 12.1 Å². The molecule has 9 heteroatoms. The third-order valence-corrected chi connectivity index (χ3v) is 7.41. The van der Waals surface area contributed by atoms with Crippen LogP contribution < -0.4 is 9.64 Å². The Labute approximate surface area is 207 Å². The maximum Gasteiger partial charge on any atom is 0.312 e. The Bertz CT molecular complexity index is 1080. The Kier molecular flexibility index (Phi) is 8.29. The Morgan fingerprint density at radius 2 is 1.91 bits per heavy atom. The van der Waals surface area contributed by atoms with Crippen molar-refractivity contribution in [1.29, 1.82) is 0 Å². The van der Waals surface area contributed by atoms with Crippen LogP contribution in [0.4, 0.5) is 5.13 Å². The summed E-state index contributed by atoms with van der Waals surface area (Å²) in [5.74, 6) is 0.0809. The van der Waals surface area contributed by atoms with Gasteiger partial charge in [-0.3, -0.25) is 14.5 Å². The molecule has 1 aliphatic rings. The van der Waals surface area contributed by atoms with Gasteiger partial charge in [-0.15, -0.1) is 22.7 Å². The molecule has 2 aromatic heterocycles. The highest BCUT2D eigenvalue weighted by atomic mass is 32.1. The van der Waals surface area contributed by atoms with Gasteiger partial charge >= 0.3 is 5.97 Å². The van der Waals surface area contributed by atoms with E-state index in [9.17, 15) is 9.59 Å². The molecule has 1 unspecified atom stereocenters. The van der Waals surface area contributed by atoms with Crippen molar-refractivity contribution in [2.75, 3.05) is 4.90 Å². The quantitative estimate of drug-likeness (QED) is 0.370. The van der Waals surface area contributed by atoms with Crippen molar-refractivity contribution < 1.29 is 19.1 Å². The van der Waals surface area contributed by atoms with Crippen LogP contribution in [0.15, 0.2) is 41.2 Å². The van der Waals surface area contributed by atoms with Crippen LogP contribution in [0, 0.1) is 6.92 Å². The van der Waals surface area contributed by atoms with Crippen molar-refractivity contribution in [2.45, 2.75) is 71.1 Å². The van der Waals surface area contributed by atoms with Crippen molar-refractivity contribution in [3.63, 3.8) is 0 Å². The lowest BCUT2D eigenvalue weighted by molar-refractivity contribution is -0.153. The molecule has 1 aromatic carbocycles. The minimum absolute atomic E-state index is 0.0132. The van der Waals surface area contributed by atoms with E-state index in [0.29, 0.717) is 17.4 Å². The molecule has 1 atom stereocenters. The second-order valence-corrected chi connectivity index (χ2v) is 10.3. The maximum atomic E-state index is 13.3. The van der Waals surface area contributed by atoms with Crippen LogP contribution in [0.3, 0.4) is 0 Å². The van der Waals surface area contributed by atoms with Gasteiger partial charge < -0.3 is 9.47 Å². The van der Waals surface area contributed by atoms with Gasteiger partial charge in [0.1, 0.15) is 17.4 Å². The van der Waals surface area contributed by atoms with Crippen molar-refractivity contribution in [3.8, 4) is 5.75 Å². The molecular formula is C25H29N3O4S2. The normalized spacial score (nSPS) is 15.0. The summed E-state index contributed by atoms with van der Waals surface area (Å²) < 4.78 is 11.3. The summed E-state index contributed by atoms with van der Waals surface area (Å²) in [5, 5.41) is 5.13. The first-order valence-electron chi connectivity index (χ1n) is 11.5. The predicted octanol–water partition coefficient (Wildman–Crippen LogP) is 5.33. The van der Waals surface area contributed by atoms with Gasteiger partial charge in [0.15, 0.2) is 11.2 Å². The number of thiazole rings is 2. The molecule has 180 valence electrons. The number of esters is 1. The molecule has 1 amide bonds. The van der Waals surface area contributed by atoms with Crippen molar-refractivity contribution >= 4 is 39.7 Å². The van der Waals surface area contributed by atoms with Crippen LogP contribution in [0.1, 0.15) is 55.3 Å². The summed E-state index contributed by atoms with van der Waals surface area (Å²) in [6, 6.07) is 7.92. The Balaban J connectivity index is 1.31. The van der Waals surface area contributed by atoms with E-state index in [1.165, 1.54) is 34.7 Å². The minimum atomic E-state index is -0.888. The second-order valence-electron chi connectivity index (χ2n) is 8.46. The Hall–Kier alpha value is -2.78. The molecule has 4 rings (SSSR count). The zero-order chi connectivity index (χ0) is 23.9. The molecule has 0 radical (unpaired) electrons. The molecule has 0 spiro atoms. The lowest BCUT2D eigenvalue weighted by Gasteiger charge is -2.33. The maximum absolute atomic E-state index is 13.3. The largest absolute Gasteiger partial charge is 0.486 e. The van der Waals surface area contributed by atoms with Crippen molar-refractivity contribution in [2.24, 2.45) is 0 Å². The number of amides is 1. The van der Waals surface area contributed by atoms with E-state index >= 15 is 0 Å². The second kappa shape index (κ2) is 11.6. The lowest BCUT2D eigenvalue weighted by Crippen LogP contribution is -2.47. The van der Waals surface area contributed by atoms with Gasteiger partial charge in [-0.05, 0) is 38.8 Å². The van der Waals surface area contributed by atoms with Crippen LogP contribution in [-0.4, -0.2) is 34.0 Å². The van der Waals surface area contributed by atoms with Crippen LogP contribution in [-0.2, 0) is 27.4 Å². The molecule has 3 aromatic rings. The van der Waals surface area contributed by atoms with E-state index in [2.05, 4.69) is 9.97 Å². The monoisotopic (exact) mass is 499 g/mol. The molecule has 1 aliphatic carbocycles. The highest BCUT2D eigenvalue weighted by Gasteiger charge is 2.33. The number of nitrogens with zero attached hydrogens (tertiary/aromatic N) is 3. The Morgan fingerprint density at radius 3 is 2.62 bits per heavy atom. The highest BCUT2D eigenvalue weighted by Crippen LogP contribution is 2.29. The van der Waals surface area contributed by atoms with Crippen LogP contribution >= 0.6 is 22.7 Å². The average Bonchev–Trinajstić information content (AvgIpc) is 3.52. The van der Waals surface area contributed by atoms with E-state index < -0.39 is 12.1 Å². The molecule has 34 heavy (non-hydrogen) atoms. The topological polar surface area (TPSA) is 81.6 Å². The van der Waals surface area contributed by atoms with Crippen molar-refractivity contribution in [1.82, 2.24) is 9.97 Å². The molecule has 2 heterocycles. The first kappa shape index (κ1) is 24.3. The SMILES string of the molecule is Cc1ccc(OCc2nc(CC(=O)OC(C)C(=O)N(c3nccs3)C3CCCCC3)cs2)cc1. The predicted molar refractivity (Wildman–Crippen MR) is 133 cm³/mol. The summed E-state index contributed by atoms with van der Waals surface area (Å²) in [6.07, 6.45) is 6.08. The summed E-state index contributed by atoms with van der Waals surface area (Å²) >= 11 is 2.87. The van der Waals surface area contributed by atoms with Gasteiger partial charge in [0.2, 0.25) is 0 Å². The highest BCUT2D eigenvalue weighted by molar-refractivity contribution is 7.13. The first-order chi connectivity index (χ1) is 16.5. The zero-order valence-electron chi connectivity index (χ0n) is 19.4. The van der Waals surface area contributed by atoms with E-state index in [1.807, 2.05) is 41.9 Å². The van der Waals surface area contributed by atoms with Crippen LogP contribution in [0.5, 0.6) is 5.75 Å². The summed E-state index contributed by atoms with van der Waals surface area (Å²) in [6.45, 7) is 3.99. The molecule has 0 N–H and O–H groups in total. The van der Waals surface area contributed by atoms with E-state index in [0.717, 1.165) is 36.4 Å². The number of rotatable bonds is 9. The molecule has 0 aliphatic heterocycles. The summed E-state index contributed by atoms with van der Waals surface area (Å²) in [4.78, 5) is 36.4. The fourth-order valence-electron chi connectivity index (χ4n) is 4.01. The van der Waals surface area contributed by atoms with Gasteiger partial charge in [-0.1, -0.05) is 37.0 Å². The summed E-state index contributed by atoms with van der Waals surface area (Å²) in [5.41, 5.74) is 1.78. The van der Waals surface area contributed by atoms with Crippen LogP contribution in [0.25, 0.3) is 0 Å². The van der Waals surface area contributed by atoms with Crippen molar-refractivity contribution in [3.05, 3.63) is 57.5 Å². The van der Waals surface area contributed by atoms with Crippen LogP contribution in [0.2, 0.25) is 0 Å².